The lowest BCUT2D eigenvalue weighted by molar-refractivity contribution is -0.113. The minimum Gasteiger partial charge on any atom is -0.457 e. The molecular weight excluding hydrogens is 508 g/mol. The maximum absolute atomic E-state index is 13.5. The van der Waals surface area contributed by atoms with E-state index in [0.29, 0.717) is 15.8 Å². The van der Waals surface area contributed by atoms with Gasteiger partial charge in [-0.15, -0.1) is 0 Å². The Labute approximate surface area is 211 Å². The zero-order valence-corrected chi connectivity index (χ0v) is 21.1. The minimum absolute atomic E-state index is 0.124. The van der Waals surface area contributed by atoms with Gasteiger partial charge in [0.25, 0.3) is 5.91 Å². The highest BCUT2D eigenvalue weighted by molar-refractivity contribution is 9.10. The Morgan fingerprint density at radius 1 is 0.853 bits per heavy atom. The van der Waals surface area contributed by atoms with Crippen LogP contribution in [0, 0.1) is 13.8 Å². The first kappa shape index (κ1) is 22.4. The van der Waals surface area contributed by atoms with Crippen molar-refractivity contribution in [2.45, 2.75) is 13.8 Å². The van der Waals surface area contributed by atoms with Crippen molar-refractivity contribution >= 4 is 56.2 Å². The quantitative estimate of drug-likeness (QED) is 0.251. The molecule has 5 rings (SSSR count). The van der Waals surface area contributed by atoms with E-state index >= 15 is 0 Å². The largest absolute Gasteiger partial charge is 0.457 e. The summed E-state index contributed by atoms with van der Waals surface area (Å²) in [6, 6.07) is 27.5. The summed E-state index contributed by atoms with van der Waals surface area (Å²) < 4.78 is 7.04. The lowest BCUT2D eigenvalue weighted by atomic mass is 10.2. The van der Waals surface area contributed by atoms with E-state index in [1.165, 1.54) is 11.8 Å². The van der Waals surface area contributed by atoms with Gasteiger partial charge in [0.05, 0.1) is 16.3 Å². The number of amidine groups is 1. The minimum atomic E-state index is -0.124. The maximum Gasteiger partial charge on any atom is 0.271 e. The number of halogens is 1. The molecule has 3 aromatic carbocycles. The fraction of sp³-hybridized carbons (Fsp3) is 0.0714. The van der Waals surface area contributed by atoms with Gasteiger partial charge in [-0.1, -0.05) is 63.5 Å². The molecule has 0 unspecified atom stereocenters. The first-order chi connectivity index (χ1) is 16.5. The summed E-state index contributed by atoms with van der Waals surface area (Å²) in [5.41, 5.74) is 4.85. The van der Waals surface area contributed by atoms with Crippen LogP contribution in [0.4, 0.5) is 11.4 Å². The van der Waals surface area contributed by atoms with Crippen LogP contribution in [0.3, 0.4) is 0 Å². The van der Waals surface area contributed by atoms with Gasteiger partial charge in [-0.05, 0) is 74.1 Å². The molecule has 4 aromatic rings. The van der Waals surface area contributed by atoms with Gasteiger partial charge >= 0.3 is 0 Å². The van der Waals surface area contributed by atoms with E-state index in [1.54, 1.807) is 11.0 Å². The standard InChI is InChI=1S/C28H21BrN2O2S/c1-18-3-11-22(12-4-18)30-28-31(23-13-5-19(2)6-14-23)27(32)26(34-28)17-24-15-16-25(33-24)20-7-9-21(29)10-8-20/h3-17H,1-2H3/b26-17+,30-28?. The number of nitrogens with zero attached hydrogens (tertiary/aromatic N) is 2. The predicted octanol–water partition coefficient (Wildman–Crippen LogP) is 8.13. The molecular formula is C28H21BrN2O2S. The number of hydrogen-bond acceptors (Lipinski definition) is 4. The van der Waals surface area contributed by atoms with Crippen molar-refractivity contribution < 1.29 is 9.21 Å². The van der Waals surface area contributed by atoms with Gasteiger partial charge < -0.3 is 4.42 Å². The molecule has 0 atom stereocenters. The van der Waals surface area contributed by atoms with Crippen molar-refractivity contribution in [1.29, 1.82) is 0 Å². The van der Waals surface area contributed by atoms with Gasteiger partial charge in [0.2, 0.25) is 0 Å². The maximum atomic E-state index is 13.5. The molecule has 0 aliphatic carbocycles. The second kappa shape index (κ2) is 9.49. The van der Waals surface area contributed by atoms with Crippen molar-refractivity contribution in [3.05, 3.63) is 111 Å². The number of carbonyl (C=O) groups is 1. The molecule has 4 nitrogen and oxygen atoms in total. The summed E-state index contributed by atoms with van der Waals surface area (Å²) in [4.78, 5) is 20.5. The summed E-state index contributed by atoms with van der Waals surface area (Å²) in [6.45, 7) is 4.06. The summed E-state index contributed by atoms with van der Waals surface area (Å²) in [5.74, 6) is 1.24. The van der Waals surface area contributed by atoms with Crippen LogP contribution in [0.15, 0.2) is 104 Å². The molecule has 1 aromatic heterocycles. The van der Waals surface area contributed by atoms with E-state index in [-0.39, 0.29) is 5.91 Å². The number of anilines is 1. The van der Waals surface area contributed by atoms with Crippen molar-refractivity contribution in [1.82, 2.24) is 0 Å². The van der Waals surface area contributed by atoms with Gasteiger partial charge in [0, 0.05) is 16.1 Å². The molecule has 1 aliphatic heterocycles. The molecule has 168 valence electrons. The number of aryl methyl sites for hydroxylation is 2. The molecule has 1 amide bonds. The first-order valence-electron chi connectivity index (χ1n) is 10.8. The van der Waals surface area contributed by atoms with Crippen LogP contribution >= 0.6 is 27.7 Å². The number of carbonyl (C=O) groups excluding carboxylic acids is 1. The molecule has 0 radical (unpaired) electrons. The van der Waals surface area contributed by atoms with Crippen LogP contribution in [-0.4, -0.2) is 11.1 Å². The predicted molar refractivity (Wildman–Crippen MR) is 144 cm³/mol. The molecule has 0 spiro atoms. The SMILES string of the molecule is Cc1ccc(N=C2S/C(=C/c3ccc(-c4ccc(Br)cc4)o3)C(=O)N2c2ccc(C)cc2)cc1. The van der Waals surface area contributed by atoms with Crippen LogP contribution in [0.2, 0.25) is 0 Å². The third kappa shape index (κ3) is 4.79. The summed E-state index contributed by atoms with van der Waals surface area (Å²) in [7, 11) is 0. The number of thioether (sulfide) groups is 1. The van der Waals surface area contributed by atoms with Crippen LogP contribution in [0.25, 0.3) is 17.4 Å². The summed E-state index contributed by atoms with van der Waals surface area (Å²) in [5, 5.41) is 0.614. The van der Waals surface area contributed by atoms with Crippen LogP contribution in [-0.2, 0) is 4.79 Å². The summed E-state index contributed by atoms with van der Waals surface area (Å²) in [6.07, 6.45) is 1.79. The van der Waals surface area contributed by atoms with Gasteiger partial charge in [-0.2, -0.15) is 0 Å². The number of amides is 1. The number of aliphatic imine (C=N–C) groups is 1. The molecule has 34 heavy (non-hydrogen) atoms. The second-order valence-corrected chi connectivity index (χ2v) is 9.95. The number of benzene rings is 3. The zero-order valence-electron chi connectivity index (χ0n) is 18.7. The Kier molecular flexibility index (Phi) is 6.26. The number of rotatable bonds is 4. The van der Waals surface area contributed by atoms with Crippen molar-refractivity contribution in [3.8, 4) is 11.3 Å². The molecule has 1 fully saturated rings. The molecule has 0 N–H and O–H groups in total. The fourth-order valence-corrected chi connectivity index (χ4v) is 4.77. The Balaban J connectivity index is 1.50. The molecule has 1 aliphatic rings. The molecule has 0 bridgehead atoms. The van der Waals surface area contributed by atoms with Gasteiger partial charge in [-0.3, -0.25) is 9.69 Å². The zero-order chi connectivity index (χ0) is 23.7. The van der Waals surface area contributed by atoms with Crippen molar-refractivity contribution in [3.63, 3.8) is 0 Å². The average molecular weight is 529 g/mol. The molecule has 2 heterocycles. The van der Waals surface area contributed by atoms with Gasteiger partial charge in [-0.25, -0.2) is 4.99 Å². The Bertz CT molecular complexity index is 1400. The second-order valence-electron chi connectivity index (χ2n) is 8.03. The van der Waals surface area contributed by atoms with E-state index in [0.717, 1.165) is 38.3 Å². The molecule has 1 saturated heterocycles. The van der Waals surface area contributed by atoms with Crippen molar-refractivity contribution in [2.75, 3.05) is 4.90 Å². The Morgan fingerprint density at radius 2 is 1.50 bits per heavy atom. The Hall–Kier alpha value is -3.35. The van der Waals surface area contributed by atoms with Crippen LogP contribution < -0.4 is 4.90 Å². The van der Waals surface area contributed by atoms with Crippen molar-refractivity contribution in [2.24, 2.45) is 4.99 Å². The lowest BCUT2D eigenvalue weighted by Crippen LogP contribution is -2.28. The third-order valence-electron chi connectivity index (χ3n) is 5.39. The van der Waals surface area contributed by atoms with E-state index in [2.05, 4.69) is 15.9 Å². The summed E-state index contributed by atoms with van der Waals surface area (Å²) >= 11 is 4.80. The van der Waals surface area contributed by atoms with E-state index in [1.807, 2.05) is 98.8 Å². The topological polar surface area (TPSA) is 45.8 Å². The highest BCUT2D eigenvalue weighted by Gasteiger charge is 2.35. The van der Waals surface area contributed by atoms with Crippen LogP contribution in [0.5, 0.6) is 0 Å². The van der Waals surface area contributed by atoms with E-state index in [4.69, 9.17) is 9.41 Å². The molecule has 6 heteroatoms. The molecule has 0 saturated carbocycles. The number of furan rings is 1. The van der Waals surface area contributed by atoms with E-state index in [9.17, 15) is 4.79 Å². The third-order valence-corrected chi connectivity index (χ3v) is 6.88. The highest BCUT2D eigenvalue weighted by atomic mass is 79.9. The number of hydrogen-bond donors (Lipinski definition) is 0. The lowest BCUT2D eigenvalue weighted by Gasteiger charge is -2.16. The smallest absolute Gasteiger partial charge is 0.271 e. The van der Waals surface area contributed by atoms with Gasteiger partial charge in [0.1, 0.15) is 11.5 Å². The Morgan fingerprint density at radius 3 is 2.18 bits per heavy atom. The van der Waals surface area contributed by atoms with E-state index < -0.39 is 0 Å². The van der Waals surface area contributed by atoms with Crippen LogP contribution in [0.1, 0.15) is 16.9 Å². The highest BCUT2D eigenvalue weighted by Crippen LogP contribution is 2.38. The fourth-order valence-electron chi connectivity index (χ4n) is 3.53. The van der Waals surface area contributed by atoms with Gasteiger partial charge in [0.15, 0.2) is 5.17 Å². The average Bonchev–Trinajstić information content (AvgIpc) is 3.41. The monoisotopic (exact) mass is 528 g/mol. The normalized spacial score (nSPS) is 16.1. The first-order valence-corrected chi connectivity index (χ1v) is 12.4.